The zero-order valence-corrected chi connectivity index (χ0v) is 12.0. The minimum Gasteiger partial charge on any atom is -0.396 e. The van der Waals surface area contributed by atoms with Crippen LogP contribution in [0.15, 0.2) is 24.3 Å². The van der Waals surface area contributed by atoms with Crippen molar-refractivity contribution in [2.24, 2.45) is 17.3 Å². The van der Waals surface area contributed by atoms with Crippen LogP contribution in [0.5, 0.6) is 0 Å². The van der Waals surface area contributed by atoms with Crippen molar-refractivity contribution in [3.8, 4) is 0 Å². The lowest BCUT2D eigenvalue weighted by Gasteiger charge is -2.27. The Bertz CT molecular complexity index is 635. The maximum atomic E-state index is 9.92. The predicted octanol–water partition coefficient (Wildman–Crippen LogP) is 3.01. The van der Waals surface area contributed by atoms with Crippen LogP contribution in [-0.4, -0.2) is 21.5 Å². The molecule has 1 aromatic heterocycles. The number of nitrogens with zero attached hydrogens (tertiary/aromatic N) is 2. The molecule has 2 fully saturated rings. The summed E-state index contributed by atoms with van der Waals surface area (Å²) >= 11 is 0. The number of hydrogen-bond acceptors (Lipinski definition) is 2. The normalized spacial score (nSPS) is 31.7. The molecule has 2 atom stereocenters. The molecule has 0 spiro atoms. The number of fused-ring (bicyclic) bond motifs is 2. The Morgan fingerprint density at radius 1 is 1.30 bits per heavy atom. The van der Waals surface area contributed by atoms with Gasteiger partial charge in [-0.1, -0.05) is 18.2 Å². The van der Waals surface area contributed by atoms with Crippen molar-refractivity contribution in [3.63, 3.8) is 0 Å². The van der Waals surface area contributed by atoms with E-state index < -0.39 is 0 Å². The molecular formula is C17H22N2O. The number of aromatic nitrogens is 2. The SMILES string of the molecule is CCn1nc(CC2(CO)CC3CC3C2)c2ccccc21. The van der Waals surface area contributed by atoms with Crippen molar-refractivity contribution in [2.45, 2.75) is 39.2 Å². The fourth-order valence-electron chi connectivity index (χ4n) is 4.26. The van der Waals surface area contributed by atoms with Crippen molar-refractivity contribution in [2.75, 3.05) is 6.61 Å². The van der Waals surface area contributed by atoms with Crippen molar-refractivity contribution < 1.29 is 5.11 Å². The monoisotopic (exact) mass is 270 g/mol. The van der Waals surface area contributed by atoms with Gasteiger partial charge in [-0.25, -0.2) is 0 Å². The van der Waals surface area contributed by atoms with Gasteiger partial charge in [-0.05, 0) is 55.9 Å². The molecule has 3 heteroatoms. The highest BCUT2D eigenvalue weighted by Gasteiger charge is 2.53. The summed E-state index contributed by atoms with van der Waals surface area (Å²) in [6.45, 7) is 3.35. The highest BCUT2D eigenvalue weighted by molar-refractivity contribution is 5.82. The van der Waals surface area contributed by atoms with Gasteiger partial charge in [-0.3, -0.25) is 4.68 Å². The number of aliphatic hydroxyl groups excluding tert-OH is 1. The first-order chi connectivity index (χ1) is 9.74. The van der Waals surface area contributed by atoms with Gasteiger partial charge in [0.25, 0.3) is 0 Å². The molecule has 106 valence electrons. The van der Waals surface area contributed by atoms with Gasteiger partial charge in [0.2, 0.25) is 0 Å². The molecule has 1 N–H and O–H groups in total. The van der Waals surface area contributed by atoms with Gasteiger partial charge in [0, 0.05) is 18.5 Å². The molecule has 4 rings (SSSR count). The van der Waals surface area contributed by atoms with Gasteiger partial charge in [-0.15, -0.1) is 0 Å². The van der Waals surface area contributed by atoms with Gasteiger partial charge < -0.3 is 5.11 Å². The lowest BCUT2D eigenvalue weighted by atomic mass is 9.79. The molecule has 0 bridgehead atoms. The molecule has 2 unspecified atom stereocenters. The number of aryl methyl sites for hydroxylation is 1. The zero-order valence-electron chi connectivity index (χ0n) is 12.0. The summed E-state index contributed by atoms with van der Waals surface area (Å²) in [5.74, 6) is 1.78. The van der Waals surface area contributed by atoms with Crippen LogP contribution in [0, 0.1) is 17.3 Å². The number of benzene rings is 1. The van der Waals surface area contributed by atoms with Crippen LogP contribution in [0.4, 0.5) is 0 Å². The van der Waals surface area contributed by atoms with E-state index in [0.717, 1.165) is 24.8 Å². The predicted molar refractivity (Wildman–Crippen MR) is 79.5 cm³/mol. The van der Waals surface area contributed by atoms with Crippen LogP contribution in [0.1, 0.15) is 31.9 Å². The Labute approximate surface area is 119 Å². The third-order valence-electron chi connectivity index (χ3n) is 5.37. The second-order valence-electron chi connectivity index (χ2n) is 6.78. The van der Waals surface area contributed by atoms with Gasteiger partial charge in [0.05, 0.1) is 11.2 Å². The Kier molecular flexibility index (Phi) is 2.68. The second-order valence-corrected chi connectivity index (χ2v) is 6.78. The van der Waals surface area contributed by atoms with E-state index in [9.17, 15) is 5.11 Å². The molecule has 0 amide bonds. The van der Waals surface area contributed by atoms with Gasteiger partial charge >= 0.3 is 0 Å². The Morgan fingerprint density at radius 3 is 2.75 bits per heavy atom. The number of para-hydroxylation sites is 1. The summed E-state index contributed by atoms with van der Waals surface area (Å²) < 4.78 is 2.09. The summed E-state index contributed by atoms with van der Waals surface area (Å²) in [5.41, 5.74) is 2.50. The third-order valence-corrected chi connectivity index (χ3v) is 5.37. The van der Waals surface area contributed by atoms with E-state index >= 15 is 0 Å². The van der Waals surface area contributed by atoms with Crippen LogP contribution in [0.2, 0.25) is 0 Å². The smallest absolute Gasteiger partial charge is 0.0709 e. The van der Waals surface area contributed by atoms with Gasteiger partial charge in [0.1, 0.15) is 0 Å². The van der Waals surface area contributed by atoms with E-state index in [2.05, 4.69) is 35.9 Å². The fraction of sp³-hybridized carbons (Fsp3) is 0.588. The van der Waals surface area contributed by atoms with E-state index in [1.165, 1.54) is 35.9 Å². The van der Waals surface area contributed by atoms with E-state index in [-0.39, 0.29) is 5.41 Å². The highest BCUT2D eigenvalue weighted by atomic mass is 16.3. The molecule has 2 aromatic rings. The maximum Gasteiger partial charge on any atom is 0.0709 e. The number of rotatable bonds is 4. The van der Waals surface area contributed by atoms with Gasteiger partial charge in [-0.2, -0.15) is 5.10 Å². The standard InChI is InChI=1S/C17H22N2O/c1-2-19-16-6-4-3-5-14(16)15(18-19)10-17(11-20)8-12-7-13(12)9-17/h3-6,12-13,20H,2,7-11H2,1H3. The van der Waals surface area contributed by atoms with E-state index in [1.807, 2.05) is 0 Å². The topological polar surface area (TPSA) is 38.0 Å². The van der Waals surface area contributed by atoms with Crippen molar-refractivity contribution in [1.29, 1.82) is 0 Å². The first-order valence-corrected chi connectivity index (χ1v) is 7.80. The van der Waals surface area contributed by atoms with E-state index in [1.54, 1.807) is 0 Å². The minimum absolute atomic E-state index is 0.100. The van der Waals surface area contributed by atoms with Gasteiger partial charge in [0.15, 0.2) is 0 Å². The Hall–Kier alpha value is -1.35. The average Bonchev–Trinajstić information content (AvgIpc) is 2.96. The molecule has 20 heavy (non-hydrogen) atoms. The summed E-state index contributed by atoms with van der Waals surface area (Å²) in [6, 6.07) is 8.48. The molecule has 2 aliphatic rings. The van der Waals surface area contributed by atoms with E-state index in [0.29, 0.717) is 6.61 Å². The first-order valence-electron chi connectivity index (χ1n) is 7.80. The van der Waals surface area contributed by atoms with Crippen LogP contribution in [0.3, 0.4) is 0 Å². The largest absolute Gasteiger partial charge is 0.396 e. The molecule has 3 nitrogen and oxygen atoms in total. The van der Waals surface area contributed by atoms with Crippen LogP contribution in [-0.2, 0) is 13.0 Å². The zero-order chi connectivity index (χ0) is 13.7. The molecule has 0 aliphatic heterocycles. The van der Waals surface area contributed by atoms with Crippen LogP contribution >= 0.6 is 0 Å². The van der Waals surface area contributed by atoms with Crippen molar-refractivity contribution in [1.82, 2.24) is 9.78 Å². The minimum atomic E-state index is 0.100. The molecule has 0 saturated heterocycles. The molecule has 0 radical (unpaired) electrons. The molecule has 1 heterocycles. The molecule has 2 saturated carbocycles. The highest BCUT2D eigenvalue weighted by Crippen LogP contribution is 2.60. The number of hydrogen-bond donors (Lipinski definition) is 1. The lowest BCUT2D eigenvalue weighted by molar-refractivity contribution is 0.116. The first kappa shape index (κ1) is 12.4. The Balaban J connectivity index is 1.71. The molecular weight excluding hydrogens is 248 g/mol. The fourth-order valence-corrected chi connectivity index (χ4v) is 4.26. The Morgan fingerprint density at radius 2 is 2.05 bits per heavy atom. The number of aliphatic hydroxyl groups is 1. The quantitative estimate of drug-likeness (QED) is 0.927. The van der Waals surface area contributed by atoms with Crippen LogP contribution < -0.4 is 0 Å². The second kappa shape index (κ2) is 4.32. The molecule has 1 aromatic carbocycles. The lowest BCUT2D eigenvalue weighted by Crippen LogP contribution is -2.26. The van der Waals surface area contributed by atoms with E-state index in [4.69, 9.17) is 5.10 Å². The maximum absolute atomic E-state index is 9.92. The summed E-state index contributed by atoms with van der Waals surface area (Å²) in [6.07, 6.45) is 4.72. The summed E-state index contributed by atoms with van der Waals surface area (Å²) in [7, 11) is 0. The summed E-state index contributed by atoms with van der Waals surface area (Å²) in [4.78, 5) is 0. The van der Waals surface area contributed by atoms with Crippen molar-refractivity contribution >= 4 is 10.9 Å². The summed E-state index contributed by atoms with van der Waals surface area (Å²) in [5, 5.41) is 16.0. The van der Waals surface area contributed by atoms with Crippen LogP contribution in [0.25, 0.3) is 10.9 Å². The van der Waals surface area contributed by atoms with Crippen molar-refractivity contribution in [3.05, 3.63) is 30.0 Å². The average molecular weight is 270 g/mol. The molecule has 2 aliphatic carbocycles. The third kappa shape index (κ3) is 1.80.